The average Bonchev–Trinajstić information content (AvgIpc) is 3.12. The van der Waals surface area contributed by atoms with E-state index in [2.05, 4.69) is 48.6 Å². The predicted molar refractivity (Wildman–Crippen MR) is 181 cm³/mol. The summed E-state index contributed by atoms with van der Waals surface area (Å²) < 4.78 is 0. The summed E-state index contributed by atoms with van der Waals surface area (Å²) in [5, 5.41) is 3.12. The molecule has 3 N–H and O–H groups in total. The number of benzene rings is 4. The molecule has 0 spiro atoms. The van der Waals surface area contributed by atoms with Crippen molar-refractivity contribution in [3.63, 3.8) is 0 Å². The maximum atomic E-state index is 14.7. The van der Waals surface area contributed by atoms with Crippen LogP contribution in [0.4, 0.5) is 5.69 Å². The molecule has 6 heteroatoms. The Balaban J connectivity index is 1.55. The van der Waals surface area contributed by atoms with Crippen molar-refractivity contribution >= 4 is 23.4 Å². The number of nitrogens with two attached hydrogens (primary N) is 1. The molecule has 1 heterocycles. The maximum absolute atomic E-state index is 14.7. The van der Waals surface area contributed by atoms with Gasteiger partial charge in [0.05, 0.1) is 12.2 Å². The van der Waals surface area contributed by atoms with Crippen molar-refractivity contribution in [3.05, 3.63) is 114 Å². The van der Waals surface area contributed by atoms with Crippen LogP contribution in [0, 0.1) is 24.7 Å². The molecule has 6 nitrogen and oxygen atoms in total. The zero-order valence-electron chi connectivity index (χ0n) is 26.6. The van der Waals surface area contributed by atoms with E-state index in [-0.39, 0.29) is 17.7 Å². The molecule has 4 aromatic carbocycles. The van der Waals surface area contributed by atoms with Crippen LogP contribution in [0.3, 0.4) is 0 Å². The number of hydrogen-bond acceptors (Lipinski definition) is 3. The number of carbonyl (C=O) groups excluding carboxylic acids is 3. The van der Waals surface area contributed by atoms with Crippen molar-refractivity contribution < 1.29 is 14.4 Å². The molecule has 45 heavy (non-hydrogen) atoms. The molecule has 0 aromatic heterocycles. The molecule has 0 saturated carbocycles. The molecule has 3 atom stereocenters. The molecular formula is C39H43N3O3. The molecule has 5 rings (SSSR count). The summed E-state index contributed by atoms with van der Waals surface area (Å²) >= 11 is 0. The minimum atomic E-state index is -0.939. The van der Waals surface area contributed by atoms with Gasteiger partial charge in [0.15, 0.2) is 0 Å². The molecule has 0 saturated heterocycles. The van der Waals surface area contributed by atoms with Crippen molar-refractivity contribution in [2.75, 3.05) is 4.90 Å². The van der Waals surface area contributed by atoms with Crippen LogP contribution in [0.25, 0.3) is 22.3 Å². The van der Waals surface area contributed by atoms with E-state index in [4.69, 9.17) is 5.73 Å². The van der Waals surface area contributed by atoms with Gasteiger partial charge in [-0.15, -0.1) is 0 Å². The fourth-order valence-corrected chi connectivity index (χ4v) is 6.48. The minimum absolute atomic E-state index is 0.165. The summed E-state index contributed by atoms with van der Waals surface area (Å²) in [4.78, 5) is 43.1. The van der Waals surface area contributed by atoms with Crippen LogP contribution in [0.5, 0.6) is 0 Å². The second kappa shape index (κ2) is 13.9. The van der Waals surface area contributed by atoms with Gasteiger partial charge in [-0.2, -0.15) is 0 Å². The van der Waals surface area contributed by atoms with Gasteiger partial charge in [-0.25, -0.2) is 0 Å². The first-order valence-electron chi connectivity index (χ1n) is 15.9. The average molecular weight is 602 g/mol. The number of rotatable bonds is 11. The third-order valence-corrected chi connectivity index (χ3v) is 8.72. The van der Waals surface area contributed by atoms with Crippen LogP contribution in [0.1, 0.15) is 62.8 Å². The molecule has 0 fully saturated rings. The van der Waals surface area contributed by atoms with Gasteiger partial charge in [0.2, 0.25) is 11.8 Å². The third-order valence-electron chi connectivity index (χ3n) is 8.72. The number of primary amides is 1. The van der Waals surface area contributed by atoms with Crippen molar-refractivity contribution in [2.24, 2.45) is 23.5 Å². The molecule has 0 bridgehead atoms. The van der Waals surface area contributed by atoms with Gasteiger partial charge < -0.3 is 16.0 Å². The standard InChI is InChI=1S/C39H43N3O3/c1-5-11-33(37(40)43)34(22-25(2)3)38(44)41-36-32-16-7-6-14-30(32)31-15-8-9-17-35(31)42(39(36)45)24-27-12-10-13-29(23-27)28-20-18-26(4)19-21-28/h6-10,12-21,23,25,33-34,36H,5,11,22,24H2,1-4H3,(H2,40,43)(H,41,44)/t33-,34+,36?/m0/s1. The predicted octanol–water partition coefficient (Wildman–Crippen LogP) is 7.60. The lowest BCUT2D eigenvalue weighted by molar-refractivity contribution is -0.136. The van der Waals surface area contributed by atoms with Gasteiger partial charge in [0.25, 0.3) is 5.91 Å². The van der Waals surface area contributed by atoms with Gasteiger partial charge in [0, 0.05) is 17.4 Å². The quantitative estimate of drug-likeness (QED) is 0.185. The second-order valence-corrected chi connectivity index (χ2v) is 12.6. The van der Waals surface area contributed by atoms with E-state index in [1.165, 1.54) is 5.56 Å². The third kappa shape index (κ3) is 7.01. The summed E-state index contributed by atoms with van der Waals surface area (Å²) in [5.41, 5.74) is 13.5. The number of para-hydroxylation sites is 1. The van der Waals surface area contributed by atoms with Crippen LogP contribution in [-0.2, 0) is 20.9 Å². The first-order chi connectivity index (χ1) is 21.7. The summed E-state index contributed by atoms with van der Waals surface area (Å²) in [6.07, 6.45) is 1.74. The normalized spacial score (nSPS) is 15.5. The van der Waals surface area contributed by atoms with Crippen molar-refractivity contribution in [3.8, 4) is 22.3 Å². The highest BCUT2D eigenvalue weighted by Gasteiger charge is 2.39. The largest absolute Gasteiger partial charge is 0.369 e. The van der Waals surface area contributed by atoms with E-state index >= 15 is 0 Å². The van der Waals surface area contributed by atoms with Gasteiger partial charge in [-0.3, -0.25) is 14.4 Å². The zero-order chi connectivity index (χ0) is 32.1. The lowest BCUT2D eigenvalue weighted by Gasteiger charge is -2.30. The van der Waals surface area contributed by atoms with Crippen molar-refractivity contribution in [2.45, 2.75) is 59.5 Å². The van der Waals surface area contributed by atoms with Crippen LogP contribution in [0.2, 0.25) is 0 Å². The van der Waals surface area contributed by atoms with E-state index in [9.17, 15) is 14.4 Å². The molecule has 1 aliphatic rings. The molecule has 232 valence electrons. The topological polar surface area (TPSA) is 92.5 Å². The lowest BCUT2D eigenvalue weighted by Crippen LogP contribution is -2.47. The number of aryl methyl sites for hydroxylation is 1. The smallest absolute Gasteiger partial charge is 0.254 e. The molecule has 0 radical (unpaired) electrons. The van der Waals surface area contributed by atoms with Crippen LogP contribution >= 0.6 is 0 Å². The Morgan fingerprint density at radius 3 is 2.22 bits per heavy atom. The number of amides is 3. The monoisotopic (exact) mass is 601 g/mol. The second-order valence-electron chi connectivity index (χ2n) is 12.6. The number of carbonyl (C=O) groups is 3. The molecule has 4 aromatic rings. The summed E-state index contributed by atoms with van der Waals surface area (Å²) in [5.74, 6) is -2.10. The summed E-state index contributed by atoms with van der Waals surface area (Å²) in [6, 6.07) is 31.3. The summed E-state index contributed by atoms with van der Waals surface area (Å²) in [7, 11) is 0. The zero-order valence-corrected chi connectivity index (χ0v) is 26.6. The Morgan fingerprint density at radius 2 is 1.53 bits per heavy atom. The Morgan fingerprint density at radius 1 is 0.844 bits per heavy atom. The first-order valence-corrected chi connectivity index (χ1v) is 15.9. The summed E-state index contributed by atoms with van der Waals surface area (Å²) in [6.45, 7) is 8.43. The fourth-order valence-electron chi connectivity index (χ4n) is 6.48. The molecular weight excluding hydrogens is 558 g/mol. The highest BCUT2D eigenvalue weighted by atomic mass is 16.2. The molecule has 3 amide bonds. The lowest BCUT2D eigenvalue weighted by atomic mass is 9.81. The fraction of sp³-hybridized carbons (Fsp3) is 0.308. The van der Waals surface area contributed by atoms with E-state index in [0.717, 1.165) is 45.5 Å². The SMILES string of the molecule is CCC[C@H](C(N)=O)[C@@H](CC(C)C)C(=O)NC1C(=O)N(Cc2cccc(-c3ccc(C)cc3)c2)c2ccccc2-c2ccccc21. The van der Waals surface area contributed by atoms with E-state index < -0.39 is 23.8 Å². The highest BCUT2D eigenvalue weighted by Crippen LogP contribution is 2.41. The molecule has 1 unspecified atom stereocenters. The van der Waals surface area contributed by atoms with Crippen LogP contribution < -0.4 is 16.0 Å². The number of fused-ring (bicyclic) bond motifs is 3. The Kier molecular flexibility index (Phi) is 9.82. The number of nitrogens with one attached hydrogen (secondary N) is 1. The Bertz CT molecular complexity index is 1680. The van der Waals surface area contributed by atoms with Crippen LogP contribution in [0.15, 0.2) is 97.1 Å². The number of hydrogen-bond donors (Lipinski definition) is 2. The van der Waals surface area contributed by atoms with Gasteiger partial charge in [-0.05, 0) is 65.6 Å². The van der Waals surface area contributed by atoms with Crippen LogP contribution in [-0.4, -0.2) is 17.7 Å². The number of anilines is 1. The molecule has 0 aliphatic carbocycles. The maximum Gasteiger partial charge on any atom is 0.254 e. The Hall–Kier alpha value is -4.71. The van der Waals surface area contributed by atoms with Gasteiger partial charge in [0.1, 0.15) is 6.04 Å². The number of nitrogens with zero attached hydrogens (tertiary/aromatic N) is 1. The van der Waals surface area contributed by atoms with Gasteiger partial charge in [-0.1, -0.05) is 118 Å². The van der Waals surface area contributed by atoms with E-state index in [1.54, 1.807) is 4.90 Å². The van der Waals surface area contributed by atoms with E-state index in [0.29, 0.717) is 19.4 Å². The van der Waals surface area contributed by atoms with Gasteiger partial charge >= 0.3 is 0 Å². The first kappa shape index (κ1) is 31.7. The van der Waals surface area contributed by atoms with E-state index in [1.807, 2.05) is 81.4 Å². The highest BCUT2D eigenvalue weighted by molar-refractivity contribution is 6.06. The minimum Gasteiger partial charge on any atom is -0.369 e. The van der Waals surface area contributed by atoms with Crippen molar-refractivity contribution in [1.82, 2.24) is 5.32 Å². The van der Waals surface area contributed by atoms with Crippen molar-refractivity contribution in [1.29, 1.82) is 0 Å². The Labute approximate surface area is 266 Å². The molecule has 1 aliphatic heterocycles.